The number of carboxylic acid groups (broad SMARTS) is 1. The summed E-state index contributed by atoms with van der Waals surface area (Å²) < 4.78 is 4.15. The number of carboxylic acids is 1. The molecule has 0 aliphatic heterocycles. The standard InChI is InChI=1S/C9H15N3O2S/c1-3-4-7-11-9(15-12-7)10-5-6(2)8(13)14/h6H,3-5H2,1-2H3,(H,13,14)(H,10,11,12). The molecule has 0 fully saturated rings. The van der Waals surface area contributed by atoms with Crippen molar-refractivity contribution in [2.45, 2.75) is 26.7 Å². The second-order valence-corrected chi connectivity index (χ2v) is 4.14. The van der Waals surface area contributed by atoms with Crippen molar-refractivity contribution in [3.05, 3.63) is 5.82 Å². The summed E-state index contributed by atoms with van der Waals surface area (Å²) in [5.41, 5.74) is 0. The SMILES string of the molecule is CCCc1nsc(NCC(C)C(=O)O)n1. The van der Waals surface area contributed by atoms with E-state index >= 15 is 0 Å². The maximum Gasteiger partial charge on any atom is 0.308 e. The summed E-state index contributed by atoms with van der Waals surface area (Å²) >= 11 is 1.28. The smallest absolute Gasteiger partial charge is 0.308 e. The van der Waals surface area contributed by atoms with Crippen LogP contribution in [0.15, 0.2) is 0 Å². The first kappa shape index (κ1) is 11.9. The summed E-state index contributed by atoms with van der Waals surface area (Å²) in [5, 5.41) is 12.3. The van der Waals surface area contributed by atoms with Crippen molar-refractivity contribution in [3.8, 4) is 0 Å². The monoisotopic (exact) mass is 229 g/mol. The third-order valence-electron chi connectivity index (χ3n) is 1.92. The first-order valence-electron chi connectivity index (χ1n) is 4.92. The lowest BCUT2D eigenvalue weighted by molar-refractivity contribution is -0.140. The van der Waals surface area contributed by atoms with E-state index in [1.54, 1.807) is 6.92 Å². The number of aryl methyl sites for hydroxylation is 1. The highest BCUT2D eigenvalue weighted by atomic mass is 32.1. The molecule has 0 saturated carbocycles. The van der Waals surface area contributed by atoms with Gasteiger partial charge in [-0.25, -0.2) is 4.98 Å². The van der Waals surface area contributed by atoms with Gasteiger partial charge in [-0.05, 0) is 6.42 Å². The fourth-order valence-corrected chi connectivity index (χ4v) is 1.60. The van der Waals surface area contributed by atoms with Crippen molar-refractivity contribution in [2.75, 3.05) is 11.9 Å². The van der Waals surface area contributed by atoms with Crippen LogP contribution in [0.25, 0.3) is 0 Å². The summed E-state index contributed by atoms with van der Waals surface area (Å²) in [6, 6.07) is 0. The molecule has 0 radical (unpaired) electrons. The van der Waals surface area contributed by atoms with Crippen molar-refractivity contribution < 1.29 is 9.90 Å². The number of nitrogens with zero attached hydrogens (tertiary/aromatic N) is 2. The van der Waals surface area contributed by atoms with Crippen molar-refractivity contribution in [1.29, 1.82) is 0 Å². The zero-order valence-corrected chi connectivity index (χ0v) is 9.67. The number of rotatable bonds is 6. The molecule has 1 heterocycles. The van der Waals surface area contributed by atoms with Crippen LogP contribution in [-0.2, 0) is 11.2 Å². The van der Waals surface area contributed by atoms with Crippen LogP contribution in [-0.4, -0.2) is 27.0 Å². The molecule has 0 aliphatic carbocycles. The average Bonchev–Trinajstić information content (AvgIpc) is 2.62. The molecular weight excluding hydrogens is 214 g/mol. The van der Waals surface area contributed by atoms with Crippen molar-refractivity contribution in [2.24, 2.45) is 5.92 Å². The van der Waals surface area contributed by atoms with Gasteiger partial charge in [-0.2, -0.15) is 4.37 Å². The zero-order valence-electron chi connectivity index (χ0n) is 8.86. The average molecular weight is 229 g/mol. The number of anilines is 1. The van der Waals surface area contributed by atoms with E-state index in [1.807, 2.05) is 0 Å². The van der Waals surface area contributed by atoms with E-state index in [1.165, 1.54) is 11.5 Å². The minimum absolute atomic E-state index is 0.385. The Balaban J connectivity index is 2.40. The molecule has 84 valence electrons. The molecule has 1 unspecified atom stereocenters. The summed E-state index contributed by atoms with van der Waals surface area (Å²) in [4.78, 5) is 14.8. The van der Waals surface area contributed by atoms with Gasteiger partial charge in [-0.3, -0.25) is 4.79 Å². The van der Waals surface area contributed by atoms with Crippen LogP contribution in [0.1, 0.15) is 26.1 Å². The molecule has 0 amide bonds. The summed E-state index contributed by atoms with van der Waals surface area (Å²) in [6.45, 7) is 4.11. The van der Waals surface area contributed by atoms with E-state index in [4.69, 9.17) is 5.11 Å². The number of hydrogen-bond acceptors (Lipinski definition) is 5. The molecule has 0 spiro atoms. The molecule has 1 aromatic heterocycles. The number of aromatic nitrogens is 2. The number of hydrogen-bond donors (Lipinski definition) is 2. The molecule has 1 aromatic rings. The van der Waals surface area contributed by atoms with Gasteiger partial charge in [-0.15, -0.1) is 0 Å². The molecule has 15 heavy (non-hydrogen) atoms. The molecule has 0 saturated heterocycles. The van der Waals surface area contributed by atoms with Gasteiger partial charge < -0.3 is 10.4 Å². The van der Waals surface area contributed by atoms with Gasteiger partial charge in [0.05, 0.1) is 5.92 Å². The van der Waals surface area contributed by atoms with Gasteiger partial charge in [-0.1, -0.05) is 13.8 Å². The molecule has 6 heteroatoms. The predicted molar refractivity (Wildman–Crippen MR) is 59.2 cm³/mol. The van der Waals surface area contributed by atoms with E-state index in [0.29, 0.717) is 11.7 Å². The van der Waals surface area contributed by atoms with Crippen LogP contribution in [0.5, 0.6) is 0 Å². The van der Waals surface area contributed by atoms with E-state index in [-0.39, 0.29) is 0 Å². The van der Waals surface area contributed by atoms with Crippen molar-refractivity contribution >= 4 is 22.6 Å². The summed E-state index contributed by atoms with van der Waals surface area (Å²) in [6.07, 6.45) is 1.88. The summed E-state index contributed by atoms with van der Waals surface area (Å²) in [7, 11) is 0. The lowest BCUT2D eigenvalue weighted by atomic mass is 10.2. The fourth-order valence-electron chi connectivity index (χ4n) is 0.979. The second-order valence-electron chi connectivity index (χ2n) is 3.39. The maximum atomic E-state index is 10.6. The number of nitrogens with one attached hydrogen (secondary N) is 1. The van der Waals surface area contributed by atoms with Crippen LogP contribution in [0, 0.1) is 5.92 Å². The first-order valence-corrected chi connectivity index (χ1v) is 5.70. The first-order chi connectivity index (χ1) is 7.13. The molecule has 5 nitrogen and oxygen atoms in total. The molecule has 1 rings (SSSR count). The third kappa shape index (κ3) is 3.83. The fraction of sp³-hybridized carbons (Fsp3) is 0.667. The predicted octanol–water partition coefficient (Wildman–Crippen LogP) is 1.62. The highest BCUT2D eigenvalue weighted by molar-refractivity contribution is 7.09. The van der Waals surface area contributed by atoms with E-state index in [9.17, 15) is 4.79 Å². The largest absolute Gasteiger partial charge is 0.481 e. The highest BCUT2D eigenvalue weighted by Crippen LogP contribution is 2.12. The minimum Gasteiger partial charge on any atom is -0.481 e. The molecule has 0 bridgehead atoms. The van der Waals surface area contributed by atoms with Crippen LogP contribution in [0.4, 0.5) is 5.13 Å². The third-order valence-corrected chi connectivity index (χ3v) is 2.63. The van der Waals surface area contributed by atoms with Gasteiger partial charge in [0.2, 0.25) is 5.13 Å². The Hall–Kier alpha value is -1.17. The Morgan fingerprint density at radius 2 is 2.40 bits per heavy atom. The van der Waals surface area contributed by atoms with Gasteiger partial charge in [0.1, 0.15) is 5.82 Å². The topological polar surface area (TPSA) is 75.1 Å². The van der Waals surface area contributed by atoms with Crippen molar-refractivity contribution in [1.82, 2.24) is 9.36 Å². The highest BCUT2D eigenvalue weighted by Gasteiger charge is 2.11. The van der Waals surface area contributed by atoms with Crippen molar-refractivity contribution in [3.63, 3.8) is 0 Å². The van der Waals surface area contributed by atoms with E-state index in [2.05, 4.69) is 21.6 Å². The lowest BCUT2D eigenvalue weighted by Gasteiger charge is -2.05. The molecule has 2 N–H and O–H groups in total. The van der Waals surface area contributed by atoms with E-state index in [0.717, 1.165) is 18.7 Å². The van der Waals surface area contributed by atoms with Crippen LogP contribution in [0.3, 0.4) is 0 Å². The molecule has 1 atom stereocenters. The Morgan fingerprint density at radius 1 is 1.67 bits per heavy atom. The second kappa shape index (κ2) is 5.65. The lowest BCUT2D eigenvalue weighted by Crippen LogP contribution is -2.19. The van der Waals surface area contributed by atoms with Gasteiger partial charge in [0, 0.05) is 24.5 Å². The van der Waals surface area contributed by atoms with Crippen LogP contribution >= 0.6 is 11.5 Å². The van der Waals surface area contributed by atoms with E-state index < -0.39 is 11.9 Å². The quantitative estimate of drug-likeness (QED) is 0.775. The Labute approximate surface area is 92.7 Å². The summed E-state index contributed by atoms with van der Waals surface area (Å²) in [5.74, 6) is -0.391. The number of aliphatic carboxylic acids is 1. The van der Waals surface area contributed by atoms with Gasteiger partial charge in [0.15, 0.2) is 0 Å². The van der Waals surface area contributed by atoms with Gasteiger partial charge in [0.25, 0.3) is 0 Å². The number of carbonyl (C=O) groups is 1. The normalized spacial score (nSPS) is 12.4. The Kier molecular flexibility index (Phi) is 4.48. The minimum atomic E-state index is -0.805. The molecule has 0 aromatic carbocycles. The molecule has 0 aliphatic rings. The zero-order chi connectivity index (χ0) is 11.3. The van der Waals surface area contributed by atoms with Crippen LogP contribution in [0.2, 0.25) is 0 Å². The maximum absolute atomic E-state index is 10.6. The van der Waals surface area contributed by atoms with Crippen LogP contribution < -0.4 is 5.32 Å². The Morgan fingerprint density at radius 3 is 3.00 bits per heavy atom. The Bertz CT molecular complexity index is 327. The molecular formula is C9H15N3O2S. The van der Waals surface area contributed by atoms with Gasteiger partial charge >= 0.3 is 5.97 Å².